The zero-order valence-electron chi connectivity index (χ0n) is 13.5. The monoisotopic (exact) mass is 348 g/mol. The summed E-state index contributed by atoms with van der Waals surface area (Å²) in [4.78, 5) is 44.6. The maximum Gasteiger partial charge on any atom is 0.328 e. The topological polar surface area (TPSA) is 78.4 Å². The van der Waals surface area contributed by atoms with Crippen molar-refractivity contribution in [2.24, 2.45) is 0 Å². The fourth-order valence-corrected chi connectivity index (χ4v) is 3.50. The summed E-state index contributed by atoms with van der Waals surface area (Å²) in [5.41, 5.74) is -1.01. The van der Waals surface area contributed by atoms with Crippen LogP contribution in [0.15, 0.2) is 33.3 Å². The Morgan fingerprint density at radius 1 is 1.25 bits per heavy atom. The van der Waals surface area contributed by atoms with E-state index >= 15 is 0 Å². The van der Waals surface area contributed by atoms with Crippen molar-refractivity contribution in [3.8, 4) is 0 Å². The molecule has 1 aliphatic heterocycles. The summed E-state index contributed by atoms with van der Waals surface area (Å²) >= 11 is 1.47. The number of hydrogen-bond donors (Lipinski definition) is 1. The second-order valence-corrected chi connectivity index (χ2v) is 6.74. The number of hydrogen-bond acceptors (Lipinski definition) is 5. The summed E-state index contributed by atoms with van der Waals surface area (Å²) in [7, 11) is 0. The van der Waals surface area contributed by atoms with Gasteiger partial charge in [0.15, 0.2) is 0 Å². The Hall–Kier alpha value is -2.19. The minimum Gasteiger partial charge on any atom is -0.336 e. The van der Waals surface area contributed by atoms with Gasteiger partial charge in [-0.05, 0) is 18.0 Å². The molecule has 1 saturated heterocycles. The van der Waals surface area contributed by atoms with Gasteiger partial charge in [-0.3, -0.25) is 14.2 Å². The molecule has 3 rings (SSSR count). The van der Waals surface area contributed by atoms with E-state index in [1.165, 1.54) is 17.5 Å². The predicted octanol–water partition coefficient (Wildman–Crippen LogP) is 0.424. The molecule has 0 saturated carbocycles. The van der Waals surface area contributed by atoms with Crippen LogP contribution < -0.4 is 11.2 Å². The van der Waals surface area contributed by atoms with Crippen molar-refractivity contribution in [1.82, 2.24) is 19.4 Å². The van der Waals surface area contributed by atoms with Crippen LogP contribution in [-0.4, -0.2) is 58.0 Å². The van der Waals surface area contributed by atoms with Gasteiger partial charge in [-0.1, -0.05) is 13.0 Å². The fraction of sp³-hybridized carbons (Fsp3) is 0.438. The van der Waals surface area contributed by atoms with E-state index in [4.69, 9.17) is 0 Å². The summed E-state index contributed by atoms with van der Waals surface area (Å²) in [6, 6.07) is 3.72. The van der Waals surface area contributed by atoms with E-state index in [1.807, 2.05) is 17.5 Å². The highest BCUT2D eigenvalue weighted by molar-refractivity contribution is 7.09. The molecule has 0 atom stereocenters. The smallest absolute Gasteiger partial charge is 0.328 e. The average Bonchev–Trinajstić information content (AvgIpc) is 3.11. The highest BCUT2D eigenvalue weighted by Gasteiger charge is 2.24. The van der Waals surface area contributed by atoms with Crippen molar-refractivity contribution in [3.63, 3.8) is 0 Å². The first kappa shape index (κ1) is 16.7. The lowest BCUT2D eigenvalue weighted by molar-refractivity contribution is 0.0640. The third-order valence-corrected chi connectivity index (χ3v) is 5.15. The number of aromatic nitrogens is 2. The number of amides is 1. The van der Waals surface area contributed by atoms with E-state index in [1.54, 1.807) is 4.90 Å². The minimum atomic E-state index is -0.532. The Kier molecular flexibility index (Phi) is 4.96. The lowest BCUT2D eigenvalue weighted by Gasteiger charge is -2.33. The van der Waals surface area contributed by atoms with Gasteiger partial charge in [-0.25, -0.2) is 4.79 Å². The average molecular weight is 348 g/mol. The van der Waals surface area contributed by atoms with E-state index in [0.717, 1.165) is 29.1 Å². The zero-order valence-corrected chi connectivity index (χ0v) is 14.3. The van der Waals surface area contributed by atoms with Gasteiger partial charge in [-0.2, -0.15) is 0 Å². The molecule has 1 aliphatic rings. The van der Waals surface area contributed by atoms with E-state index in [9.17, 15) is 14.4 Å². The van der Waals surface area contributed by atoms with E-state index in [2.05, 4.69) is 16.8 Å². The molecule has 0 aliphatic carbocycles. The van der Waals surface area contributed by atoms with Crippen LogP contribution in [0.4, 0.5) is 0 Å². The highest BCUT2D eigenvalue weighted by atomic mass is 32.1. The molecule has 2 aromatic rings. The molecule has 24 heavy (non-hydrogen) atoms. The standard InChI is InChI=1S/C16H20N4O3S/c1-2-18-5-7-19(8-6-18)14(21)13-10-17-16(23)20(15(13)22)11-12-4-3-9-24-12/h3-4,9-10H,2,5-8,11H2,1H3,(H,17,23). The van der Waals surface area contributed by atoms with Gasteiger partial charge in [0, 0.05) is 37.3 Å². The first-order valence-electron chi connectivity index (χ1n) is 7.96. The number of carbonyl (C=O) groups excluding carboxylic acids is 1. The molecule has 1 N–H and O–H groups in total. The third kappa shape index (κ3) is 3.34. The molecule has 0 radical (unpaired) electrons. The minimum absolute atomic E-state index is 0.0242. The summed E-state index contributed by atoms with van der Waals surface area (Å²) in [5.74, 6) is -0.313. The Morgan fingerprint density at radius 2 is 2.00 bits per heavy atom. The highest BCUT2D eigenvalue weighted by Crippen LogP contribution is 2.09. The number of nitrogens with zero attached hydrogens (tertiary/aromatic N) is 3. The van der Waals surface area contributed by atoms with Gasteiger partial charge in [0.05, 0.1) is 6.54 Å². The summed E-state index contributed by atoms with van der Waals surface area (Å²) < 4.78 is 1.08. The summed E-state index contributed by atoms with van der Waals surface area (Å²) in [6.07, 6.45) is 1.24. The number of carbonyl (C=O) groups is 1. The number of piperazine rings is 1. The van der Waals surface area contributed by atoms with E-state index in [-0.39, 0.29) is 18.0 Å². The maximum absolute atomic E-state index is 12.7. The molecule has 0 aromatic carbocycles. The molecule has 8 heteroatoms. The van der Waals surface area contributed by atoms with Crippen LogP contribution in [0.5, 0.6) is 0 Å². The Morgan fingerprint density at radius 3 is 2.62 bits per heavy atom. The van der Waals surface area contributed by atoms with Gasteiger partial charge in [-0.15, -0.1) is 11.3 Å². The molecule has 0 bridgehead atoms. The maximum atomic E-state index is 12.7. The number of nitrogens with one attached hydrogen (secondary N) is 1. The van der Waals surface area contributed by atoms with Gasteiger partial charge < -0.3 is 14.8 Å². The number of aromatic amines is 1. The van der Waals surface area contributed by atoms with Crippen molar-refractivity contribution in [2.45, 2.75) is 13.5 Å². The number of thiophene rings is 1. The fourth-order valence-electron chi connectivity index (χ4n) is 2.80. The third-order valence-electron chi connectivity index (χ3n) is 4.29. The SMILES string of the molecule is CCN1CCN(C(=O)c2c[nH]c(=O)n(Cc3cccs3)c2=O)CC1. The molecule has 128 valence electrons. The van der Waals surface area contributed by atoms with Gasteiger partial charge in [0.2, 0.25) is 0 Å². The van der Waals surface area contributed by atoms with Crippen molar-refractivity contribution < 1.29 is 4.79 Å². The van der Waals surface area contributed by atoms with Crippen LogP contribution in [0.2, 0.25) is 0 Å². The summed E-state index contributed by atoms with van der Waals surface area (Å²) in [6.45, 7) is 6.00. The molecule has 3 heterocycles. The largest absolute Gasteiger partial charge is 0.336 e. The quantitative estimate of drug-likeness (QED) is 0.869. The normalized spacial score (nSPS) is 15.6. The predicted molar refractivity (Wildman–Crippen MR) is 92.8 cm³/mol. The van der Waals surface area contributed by atoms with Crippen LogP contribution in [0.1, 0.15) is 22.2 Å². The lowest BCUT2D eigenvalue weighted by atomic mass is 10.2. The lowest BCUT2D eigenvalue weighted by Crippen LogP contribution is -2.50. The van der Waals surface area contributed by atoms with Crippen molar-refractivity contribution in [1.29, 1.82) is 0 Å². The molecule has 1 amide bonds. The van der Waals surface area contributed by atoms with Gasteiger partial charge in [0.1, 0.15) is 5.56 Å². The second-order valence-electron chi connectivity index (χ2n) is 5.70. The molecule has 2 aromatic heterocycles. The van der Waals surface area contributed by atoms with Crippen molar-refractivity contribution in [3.05, 3.63) is 55.0 Å². The number of rotatable bonds is 4. The first-order valence-corrected chi connectivity index (χ1v) is 8.84. The molecule has 1 fully saturated rings. The first-order chi connectivity index (χ1) is 11.6. The molecule has 0 unspecified atom stereocenters. The van der Waals surface area contributed by atoms with Crippen molar-refractivity contribution >= 4 is 17.2 Å². The van der Waals surface area contributed by atoms with Crippen LogP contribution in [-0.2, 0) is 6.54 Å². The van der Waals surface area contributed by atoms with Gasteiger partial charge in [0.25, 0.3) is 11.5 Å². The second kappa shape index (κ2) is 7.14. The molecular weight excluding hydrogens is 328 g/mol. The van der Waals surface area contributed by atoms with Gasteiger partial charge >= 0.3 is 5.69 Å². The van der Waals surface area contributed by atoms with Crippen LogP contribution in [0.25, 0.3) is 0 Å². The van der Waals surface area contributed by atoms with Crippen molar-refractivity contribution in [2.75, 3.05) is 32.7 Å². The van der Waals surface area contributed by atoms with E-state index in [0.29, 0.717) is 13.1 Å². The van der Waals surface area contributed by atoms with Crippen LogP contribution >= 0.6 is 11.3 Å². The Bertz CT molecular complexity index is 817. The van der Waals surface area contributed by atoms with Crippen LogP contribution in [0, 0.1) is 0 Å². The molecule has 7 nitrogen and oxygen atoms in total. The van der Waals surface area contributed by atoms with E-state index < -0.39 is 11.2 Å². The van der Waals surface area contributed by atoms with Crippen LogP contribution in [0.3, 0.4) is 0 Å². The summed E-state index contributed by atoms with van der Waals surface area (Å²) in [5, 5.41) is 1.89. The Balaban J connectivity index is 1.85. The molecule has 0 spiro atoms. The zero-order chi connectivity index (χ0) is 17.1. The Labute approximate surface area is 143 Å². The molecular formula is C16H20N4O3S. The number of H-pyrrole nitrogens is 1. The number of likely N-dealkylation sites (N-methyl/N-ethyl adjacent to an activating group) is 1.